The highest BCUT2D eigenvalue weighted by molar-refractivity contribution is 5.88. The molecule has 8 heteroatoms. The maximum Gasteiger partial charge on any atom is 0.242 e. The molecule has 2 N–H and O–H groups in total. The smallest absolute Gasteiger partial charge is 0.242 e. The van der Waals surface area contributed by atoms with Gasteiger partial charge in [-0.1, -0.05) is 0 Å². The number of amides is 2. The van der Waals surface area contributed by atoms with Crippen molar-refractivity contribution in [1.82, 2.24) is 20.5 Å². The number of pyridine rings is 1. The van der Waals surface area contributed by atoms with Crippen LogP contribution in [0.15, 0.2) is 6.20 Å². The lowest BCUT2D eigenvalue weighted by Crippen LogP contribution is -2.45. The molecule has 2 aliphatic heterocycles. The first-order valence-corrected chi connectivity index (χ1v) is 8.32. The topological polar surface area (TPSA) is 74.3 Å². The summed E-state index contributed by atoms with van der Waals surface area (Å²) in [5.74, 6) is -0.0140. The molecule has 2 aliphatic rings. The van der Waals surface area contributed by atoms with Crippen LogP contribution in [0.5, 0.6) is 0 Å². The molecule has 0 aliphatic carbocycles. The molecule has 1 atom stereocenters. The molecule has 6 nitrogen and oxygen atoms in total. The van der Waals surface area contributed by atoms with Crippen molar-refractivity contribution in [3.05, 3.63) is 28.6 Å². The van der Waals surface area contributed by atoms with Gasteiger partial charge in [0.05, 0.1) is 0 Å². The summed E-state index contributed by atoms with van der Waals surface area (Å²) >= 11 is 0. The van der Waals surface area contributed by atoms with Gasteiger partial charge in [0.25, 0.3) is 0 Å². The molecule has 0 aromatic carbocycles. The highest BCUT2D eigenvalue weighted by Crippen LogP contribution is 2.20. The zero-order valence-corrected chi connectivity index (χ0v) is 16.3. The standard InChI is InChI=1S/C17H24N4O2.2ClH/c1-11-15(14-5-6-18-8-13(14)9-19-11)10-20-17(23)12(2)21-7-3-4-16(21)22;;/h9,12,18H,3-8,10H2,1-2H3,(H,20,23);2*1H. The number of hydrogen-bond donors (Lipinski definition) is 2. The SMILES string of the molecule is Cc1ncc2c(c1CNC(=O)C(C)N1CCCC1=O)CCNC2.Cl.Cl. The summed E-state index contributed by atoms with van der Waals surface area (Å²) in [5.41, 5.74) is 4.61. The van der Waals surface area contributed by atoms with Gasteiger partial charge < -0.3 is 15.5 Å². The van der Waals surface area contributed by atoms with E-state index in [2.05, 4.69) is 15.6 Å². The molecule has 0 spiro atoms. The van der Waals surface area contributed by atoms with Crippen LogP contribution in [0.25, 0.3) is 0 Å². The molecule has 1 aromatic rings. The Labute approximate surface area is 161 Å². The van der Waals surface area contributed by atoms with Crippen LogP contribution in [-0.4, -0.2) is 40.8 Å². The number of rotatable bonds is 4. The Morgan fingerprint density at radius 2 is 2.16 bits per heavy atom. The van der Waals surface area contributed by atoms with Crippen molar-refractivity contribution in [3.63, 3.8) is 0 Å². The zero-order valence-electron chi connectivity index (χ0n) is 14.6. The lowest BCUT2D eigenvalue weighted by Gasteiger charge is -2.25. The molecule has 3 heterocycles. The number of aryl methyl sites for hydroxylation is 1. The van der Waals surface area contributed by atoms with Crippen LogP contribution in [0.3, 0.4) is 0 Å². The monoisotopic (exact) mass is 388 g/mol. The number of carbonyl (C=O) groups excluding carboxylic acids is 2. The van der Waals surface area contributed by atoms with Crippen molar-refractivity contribution in [2.45, 2.75) is 52.2 Å². The van der Waals surface area contributed by atoms with E-state index < -0.39 is 6.04 Å². The summed E-state index contributed by atoms with van der Waals surface area (Å²) < 4.78 is 0. The third kappa shape index (κ3) is 4.63. The molecule has 1 aromatic heterocycles. The van der Waals surface area contributed by atoms with E-state index in [0.29, 0.717) is 19.5 Å². The number of fused-ring (bicyclic) bond motifs is 1. The first-order valence-electron chi connectivity index (χ1n) is 8.32. The van der Waals surface area contributed by atoms with Crippen molar-refractivity contribution >= 4 is 36.6 Å². The van der Waals surface area contributed by atoms with Crippen LogP contribution >= 0.6 is 24.8 Å². The van der Waals surface area contributed by atoms with E-state index in [1.165, 1.54) is 11.1 Å². The van der Waals surface area contributed by atoms with Gasteiger partial charge in [0.15, 0.2) is 0 Å². The van der Waals surface area contributed by atoms with Gasteiger partial charge in [-0.15, -0.1) is 24.8 Å². The minimum Gasteiger partial charge on any atom is -0.350 e. The van der Waals surface area contributed by atoms with Crippen molar-refractivity contribution in [2.24, 2.45) is 0 Å². The second kappa shape index (κ2) is 9.36. The highest BCUT2D eigenvalue weighted by atomic mass is 35.5. The van der Waals surface area contributed by atoms with Gasteiger partial charge >= 0.3 is 0 Å². The summed E-state index contributed by atoms with van der Waals surface area (Å²) in [5, 5.41) is 6.34. The second-order valence-corrected chi connectivity index (χ2v) is 6.34. The average Bonchev–Trinajstić information content (AvgIpc) is 2.99. The number of hydrogen-bond acceptors (Lipinski definition) is 4. The molecule has 1 unspecified atom stereocenters. The summed E-state index contributed by atoms with van der Waals surface area (Å²) in [6, 6.07) is -0.403. The molecular weight excluding hydrogens is 363 g/mol. The Hall–Kier alpha value is -1.37. The lowest BCUT2D eigenvalue weighted by molar-refractivity contribution is -0.136. The third-order valence-corrected chi connectivity index (χ3v) is 4.87. The fraction of sp³-hybridized carbons (Fsp3) is 0.588. The van der Waals surface area contributed by atoms with Gasteiger partial charge in [0, 0.05) is 37.9 Å². The minimum absolute atomic E-state index is 0. The molecule has 0 bridgehead atoms. The maximum atomic E-state index is 12.4. The highest BCUT2D eigenvalue weighted by Gasteiger charge is 2.29. The Bertz CT molecular complexity index is 639. The number of nitrogens with zero attached hydrogens (tertiary/aromatic N) is 2. The van der Waals surface area contributed by atoms with Crippen LogP contribution in [0, 0.1) is 6.92 Å². The van der Waals surface area contributed by atoms with E-state index in [9.17, 15) is 9.59 Å². The number of aromatic nitrogens is 1. The molecule has 1 fully saturated rings. The molecule has 140 valence electrons. The number of nitrogens with one attached hydrogen (secondary N) is 2. The summed E-state index contributed by atoms with van der Waals surface area (Å²) in [4.78, 5) is 30.3. The summed E-state index contributed by atoms with van der Waals surface area (Å²) in [6.45, 7) is 6.73. The number of likely N-dealkylation sites (tertiary alicyclic amines) is 1. The molecule has 0 radical (unpaired) electrons. The lowest BCUT2D eigenvalue weighted by atomic mass is 9.96. The summed E-state index contributed by atoms with van der Waals surface area (Å²) in [6.07, 6.45) is 4.29. The molecule has 25 heavy (non-hydrogen) atoms. The van der Waals surface area contributed by atoms with Crippen molar-refractivity contribution in [3.8, 4) is 0 Å². The van der Waals surface area contributed by atoms with Crippen LogP contribution in [-0.2, 0) is 29.1 Å². The molecule has 3 rings (SSSR count). The van der Waals surface area contributed by atoms with Crippen molar-refractivity contribution < 1.29 is 9.59 Å². The van der Waals surface area contributed by atoms with E-state index in [1.54, 1.807) is 11.8 Å². The van der Waals surface area contributed by atoms with E-state index in [0.717, 1.165) is 37.2 Å². The Morgan fingerprint density at radius 3 is 2.84 bits per heavy atom. The average molecular weight is 389 g/mol. The van der Waals surface area contributed by atoms with Crippen LogP contribution in [0.1, 0.15) is 42.1 Å². The van der Waals surface area contributed by atoms with E-state index >= 15 is 0 Å². The maximum absolute atomic E-state index is 12.4. The van der Waals surface area contributed by atoms with E-state index in [-0.39, 0.29) is 36.6 Å². The number of carbonyl (C=O) groups is 2. The Morgan fingerprint density at radius 1 is 1.40 bits per heavy atom. The zero-order chi connectivity index (χ0) is 16.4. The van der Waals surface area contributed by atoms with E-state index in [4.69, 9.17) is 0 Å². The Balaban J connectivity index is 0.00000156. The third-order valence-electron chi connectivity index (χ3n) is 4.87. The van der Waals surface area contributed by atoms with Crippen molar-refractivity contribution in [2.75, 3.05) is 13.1 Å². The van der Waals surface area contributed by atoms with E-state index in [1.807, 2.05) is 13.1 Å². The van der Waals surface area contributed by atoms with Crippen LogP contribution < -0.4 is 10.6 Å². The van der Waals surface area contributed by atoms with Crippen molar-refractivity contribution in [1.29, 1.82) is 0 Å². The molecule has 2 amide bonds. The molecule has 1 saturated heterocycles. The second-order valence-electron chi connectivity index (χ2n) is 6.34. The van der Waals surface area contributed by atoms with Gasteiger partial charge in [0.2, 0.25) is 11.8 Å². The Kier molecular flexibility index (Phi) is 8.12. The van der Waals surface area contributed by atoms with Gasteiger partial charge in [0.1, 0.15) is 6.04 Å². The molecular formula is C17H26Cl2N4O2. The quantitative estimate of drug-likeness (QED) is 0.819. The first-order chi connectivity index (χ1) is 11.1. The largest absolute Gasteiger partial charge is 0.350 e. The fourth-order valence-electron chi connectivity index (χ4n) is 3.42. The summed E-state index contributed by atoms with van der Waals surface area (Å²) in [7, 11) is 0. The normalized spacial score (nSPS) is 17.2. The van der Waals surface area contributed by atoms with Gasteiger partial charge in [-0.2, -0.15) is 0 Å². The predicted molar refractivity (Wildman–Crippen MR) is 101 cm³/mol. The van der Waals surface area contributed by atoms with Crippen LogP contribution in [0.2, 0.25) is 0 Å². The van der Waals surface area contributed by atoms with Crippen LogP contribution in [0.4, 0.5) is 0 Å². The minimum atomic E-state index is -0.403. The number of halogens is 2. The van der Waals surface area contributed by atoms with Gasteiger partial charge in [-0.25, -0.2) is 0 Å². The van der Waals surface area contributed by atoms with Gasteiger partial charge in [-0.05, 0) is 49.9 Å². The first kappa shape index (κ1) is 21.7. The molecule has 0 saturated carbocycles. The fourth-order valence-corrected chi connectivity index (χ4v) is 3.42. The predicted octanol–water partition coefficient (Wildman–Crippen LogP) is 1.51. The van der Waals surface area contributed by atoms with Gasteiger partial charge in [-0.3, -0.25) is 14.6 Å².